The first-order chi connectivity index (χ1) is 8.97. The highest BCUT2D eigenvalue weighted by Gasteiger charge is 2.30. The summed E-state index contributed by atoms with van der Waals surface area (Å²) in [6.07, 6.45) is 2.32. The molecule has 1 fully saturated rings. The predicted octanol–water partition coefficient (Wildman–Crippen LogP) is 3.13. The molecule has 4 heteroatoms. The molecule has 2 atom stereocenters. The fraction of sp³-hybridized carbons (Fsp3) is 0.533. The molecule has 104 valence electrons. The number of benzene rings is 1. The van der Waals surface area contributed by atoms with Crippen LogP contribution >= 0.6 is 15.9 Å². The quantitative estimate of drug-likeness (QED) is 0.927. The van der Waals surface area contributed by atoms with Gasteiger partial charge in [0.15, 0.2) is 0 Å². The normalized spacial score (nSPS) is 20.6. The largest absolute Gasteiger partial charge is 0.393 e. The lowest BCUT2D eigenvalue weighted by atomic mass is 10.1. The number of carbonyl (C=O) groups excluding carboxylic acids is 1. The van der Waals surface area contributed by atoms with Crippen molar-refractivity contribution in [1.82, 2.24) is 4.90 Å². The third-order valence-electron chi connectivity index (χ3n) is 3.54. The van der Waals surface area contributed by atoms with Crippen LogP contribution < -0.4 is 0 Å². The highest BCUT2D eigenvalue weighted by atomic mass is 79.9. The fourth-order valence-electron chi connectivity index (χ4n) is 2.77. The topological polar surface area (TPSA) is 40.5 Å². The maximum Gasteiger partial charge on any atom is 0.254 e. The summed E-state index contributed by atoms with van der Waals surface area (Å²) in [4.78, 5) is 14.5. The van der Waals surface area contributed by atoms with Gasteiger partial charge in [0.25, 0.3) is 5.91 Å². The Bertz CT molecular complexity index is 453. The molecule has 19 heavy (non-hydrogen) atoms. The third-order valence-corrected chi connectivity index (χ3v) is 4.00. The summed E-state index contributed by atoms with van der Waals surface area (Å²) in [5, 5.41) is 9.53. The van der Waals surface area contributed by atoms with Gasteiger partial charge in [0.2, 0.25) is 0 Å². The minimum Gasteiger partial charge on any atom is -0.393 e. The molecule has 1 aromatic rings. The van der Waals surface area contributed by atoms with E-state index >= 15 is 0 Å². The lowest BCUT2D eigenvalue weighted by Gasteiger charge is -2.26. The number of nitrogens with zero attached hydrogens (tertiary/aromatic N) is 1. The second kappa shape index (κ2) is 6.06. The molecule has 1 amide bonds. The third kappa shape index (κ3) is 3.57. The highest BCUT2D eigenvalue weighted by Crippen LogP contribution is 2.25. The van der Waals surface area contributed by atoms with Crippen LogP contribution in [0.5, 0.6) is 0 Å². The minimum absolute atomic E-state index is 0.0764. The van der Waals surface area contributed by atoms with Crippen molar-refractivity contribution in [2.75, 3.05) is 6.54 Å². The van der Waals surface area contributed by atoms with Crippen LogP contribution in [0.4, 0.5) is 0 Å². The Hall–Kier alpha value is -0.870. The summed E-state index contributed by atoms with van der Waals surface area (Å²) < 4.78 is 0.933. The van der Waals surface area contributed by atoms with Crippen LogP contribution in [0.25, 0.3) is 0 Å². The first-order valence-corrected chi connectivity index (χ1v) is 7.53. The van der Waals surface area contributed by atoms with E-state index in [1.165, 1.54) is 0 Å². The zero-order valence-electron chi connectivity index (χ0n) is 11.4. The second-order valence-corrected chi connectivity index (χ2v) is 6.31. The van der Waals surface area contributed by atoms with Gasteiger partial charge in [-0.3, -0.25) is 4.79 Å². The average molecular weight is 326 g/mol. The number of aryl methyl sites for hydroxylation is 1. The first-order valence-electron chi connectivity index (χ1n) is 6.73. The molecule has 3 nitrogen and oxygen atoms in total. The van der Waals surface area contributed by atoms with E-state index in [0.717, 1.165) is 35.0 Å². The molecule has 0 saturated carbocycles. The molecule has 0 bridgehead atoms. The van der Waals surface area contributed by atoms with Gasteiger partial charge in [-0.05, 0) is 56.9 Å². The number of likely N-dealkylation sites (tertiary alicyclic amines) is 1. The van der Waals surface area contributed by atoms with Crippen LogP contribution in [0.1, 0.15) is 42.1 Å². The van der Waals surface area contributed by atoms with Gasteiger partial charge in [-0.1, -0.05) is 15.9 Å². The summed E-state index contributed by atoms with van der Waals surface area (Å²) in [6.45, 7) is 4.56. The summed E-state index contributed by atoms with van der Waals surface area (Å²) in [5.41, 5.74) is 1.80. The van der Waals surface area contributed by atoms with E-state index in [1.54, 1.807) is 6.92 Å². The van der Waals surface area contributed by atoms with Gasteiger partial charge in [0.1, 0.15) is 0 Å². The summed E-state index contributed by atoms with van der Waals surface area (Å²) in [5.74, 6) is 0.0764. The van der Waals surface area contributed by atoms with E-state index in [1.807, 2.05) is 30.0 Å². The number of aliphatic hydroxyl groups is 1. The molecule has 1 heterocycles. The predicted molar refractivity (Wildman–Crippen MR) is 79.2 cm³/mol. The fourth-order valence-corrected chi connectivity index (χ4v) is 3.38. The summed E-state index contributed by atoms with van der Waals surface area (Å²) >= 11 is 3.43. The van der Waals surface area contributed by atoms with Crippen molar-refractivity contribution in [2.45, 2.75) is 45.3 Å². The molecule has 0 aliphatic carbocycles. The highest BCUT2D eigenvalue weighted by molar-refractivity contribution is 9.10. The van der Waals surface area contributed by atoms with Gasteiger partial charge < -0.3 is 10.0 Å². The van der Waals surface area contributed by atoms with Crippen LogP contribution in [0.3, 0.4) is 0 Å². The van der Waals surface area contributed by atoms with Crippen LogP contribution in [-0.4, -0.2) is 34.6 Å². The molecule has 1 aliphatic heterocycles. The Kier molecular flexibility index (Phi) is 4.63. The standard InChI is InChI=1S/C15H20BrNO2/c1-10-6-12(9-13(16)7-10)15(19)17-5-3-4-14(17)8-11(2)18/h6-7,9,11,14,18H,3-5,8H2,1-2H3/t11-,14-/m1/s1. The molecule has 1 saturated heterocycles. The summed E-state index contributed by atoms with van der Waals surface area (Å²) in [6, 6.07) is 5.96. The number of halogens is 1. The van der Waals surface area contributed by atoms with E-state index < -0.39 is 0 Å². The zero-order valence-corrected chi connectivity index (χ0v) is 13.0. The van der Waals surface area contributed by atoms with Gasteiger partial charge in [-0.15, -0.1) is 0 Å². The van der Waals surface area contributed by atoms with E-state index in [2.05, 4.69) is 15.9 Å². The summed E-state index contributed by atoms with van der Waals surface area (Å²) in [7, 11) is 0. The van der Waals surface area contributed by atoms with Crippen molar-refractivity contribution in [2.24, 2.45) is 0 Å². The van der Waals surface area contributed by atoms with Crippen molar-refractivity contribution in [3.63, 3.8) is 0 Å². The van der Waals surface area contributed by atoms with Crippen LogP contribution in [0, 0.1) is 6.92 Å². The minimum atomic E-state index is -0.359. The monoisotopic (exact) mass is 325 g/mol. The van der Waals surface area contributed by atoms with Crippen LogP contribution in [0.15, 0.2) is 22.7 Å². The maximum atomic E-state index is 12.6. The van der Waals surface area contributed by atoms with Crippen molar-refractivity contribution in [3.8, 4) is 0 Å². The first kappa shape index (κ1) is 14.5. The van der Waals surface area contributed by atoms with E-state index in [0.29, 0.717) is 6.42 Å². The molecular weight excluding hydrogens is 306 g/mol. The number of carbonyl (C=O) groups is 1. The molecule has 0 radical (unpaired) electrons. The second-order valence-electron chi connectivity index (χ2n) is 5.40. The Labute approximate surface area is 122 Å². The molecule has 1 aromatic carbocycles. The molecular formula is C15H20BrNO2. The van der Waals surface area contributed by atoms with E-state index in [-0.39, 0.29) is 18.1 Å². The van der Waals surface area contributed by atoms with Crippen LogP contribution in [0.2, 0.25) is 0 Å². The van der Waals surface area contributed by atoms with Gasteiger partial charge in [0.05, 0.1) is 6.10 Å². The van der Waals surface area contributed by atoms with Gasteiger partial charge in [-0.2, -0.15) is 0 Å². The number of amides is 1. The zero-order chi connectivity index (χ0) is 14.0. The van der Waals surface area contributed by atoms with E-state index in [9.17, 15) is 9.90 Å². The molecule has 1 aliphatic rings. The number of hydrogen-bond donors (Lipinski definition) is 1. The Balaban J connectivity index is 2.18. The lowest BCUT2D eigenvalue weighted by molar-refractivity contribution is 0.0682. The Morgan fingerprint density at radius 1 is 1.53 bits per heavy atom. The molecule has 0 aromatic heterocycles. The molecule has 1 N–H and O–H groups in total. The van der Waals surface area contributed by atoms with Gasteiger partial charge in [0, 0.05) is 22.6 Å². The number of hydrogen-bond acceptors (Lipinski definition) is 2. The number of aliphatic hydroxyl groups excluding tert-OH is 1. The van der Waals surface area contributed by atoms with E-state index in [4.69, 9.17) is 0 Å². The van der Waals surface area contributed by atoms with Crippen molar-refractivity contribution >= 4 is 21.8 Å². The molecule has 2 rings (SSSR count). The SMILES string of the molecule is Cc1cc(Br)cc(C(=O)N2CCC[C@@H]2C[C@@H](C)O)c1. The number of rotatable bonds is 3. The van der Waals surface area contributed by atoms with Crippen molar-refractivity contribution in [3.05, 3.63) is 33.8 Å². The Morgan fingerprint density at radius 3 is 2.89 bits per heavy atom. The van der Waals surface area contributed by atoms with Gasteiger partial charge >= 0.3 is 0 Å². The lowest BCUT2D eigenvalue weighted by Crippen LogP contribution is -2.37. The molecule has 0 unspecified atom stereocenters. The maximum absolute atomic E-state index is 12.6. The molecule has 0 spiro atoms. The van der Waals surface area contributed by atoms with Gasteiger partial charge in [-0.25, -0.2) is 0 Å². The smallest absolute Gasteiger partial charge is 0.254 e. The van der Waals surface area contributed by atoms with Crippen LogP contribution in [-0.2, 0) is 0 Å². The van der Waals surface area contributed by atoms with Crippen molar-refractivity contribution < 1.29 is 9.90 Å². The average Bonchev–Trinajstić information content (AvgIpc) is 2.73. The Morgan fingerprint density at radius 2 is 2.26 bits per heavy atom. The van der Waals surface area contributed by atoms with Crippen molar-refractivity contribution in [1.29, 1.82) is 0 Å².